The summed E-state index contributed by atoms with van der Waals surface area (Å²) in [4.78, 5) is 4.21. The predicted molar refractivity (Wildman–Crippen MR) is 319 cm³/mol. The maximum atomic E-state index is 10.1. The van der Waals surface area contributed by atoms with E-state index in [0.29, 0.717) is 87.6 Å². The maximum absolute atomic E-state index is 10.1. The molecule has 18 nitrogen and oxygen atoms in total. The molecule has 0 fully saturated rings. The summed E-state index contributed by atoms with van der Waals surface area (Å²) in [5.74, 6) is 1.69. The number of aromatic nitrogens is 4. The molecule has 10 N–H and O–H groups in total. The lowest BCUT2D eigenvalue weighted by Crippen LogP contribution is -2.44. The summed E-state index contributed by atoms with van der Waals surface area (Å²) in [7, 11) is -3.97. The molecule has 410 valence electrons. The number of hydrogen-bond acceptors (Lipinski definition) is 21. The number of para-hydroxylation sites is 4. The van der Waals surface area contributed by atoms with E-state index in [9.17, 15) is 40.5 Å². The van der Waals surface area contributed by atoms with Crippen LogP contribution in [-0.4, -0.2) is 116 Å². The highest BCUT2D eigenvalue weighted by Gasteiger charge is 2.40. The summed E-state index contributed by atoms with van der Waals surface area (Å²) in [5.41, 5.74) is 6.74. The molecule has 0 saturated heterocycles. The van der Waals surface area contributed by atoms with E-state index >= 15 is 0 Å². The molecule has 11 rings (SSSR count). The average molecular weight is 1150 g/mol. The Kier molecular flexibility index (Phi) is 20.3. The van der Waals surface area contributed by atoms with E-state index in [1.807, 2.05) is 84.2 Å². The molecule has 0 amide bonds. The number of hydrogen-bond donors (Lipinski definition) is 10. The van der Waals surface area contributed by atoms with Gasteiger partial charge in [0.1, 0.15) is 61.4 Å². The normalized spacial score (nSPS) is 17.4. The number of benzene rings is 5. The zero-order valence-electron chi connectivity index (χ0n) is 43.1. The standard InChI is InChI=1S/C17H17BO4.C13H12BNO3S2.C12H12BN3O3S.C12H14BNO3S/c1-12(19)15-9-5-8-14-10-16(18(20)22-17(14)15)21-11-13-6-3-2-4-7-13;1-8(16)10-4-2-3-9-7-11(14(17)18-12(9)10)20-13-15-5-6-19-13;1-7(17)9-4-2-3-8-5-10(13(18)19-12(8)9)20-11-6-14-16-15-11;1-7(15)10-5-3-4-9-6-11(18-8(2)14)13(16)17-12(9)10/h2-9,16,19-20H,1,10-11H2;2-6,11,16-17H,1,7H2;2-4,6,10,17-18H,1,5H2,(H,14,15,16);3-5,11,14-16H,1,6H2,2H3/t16-;11-;10-;11-/m0000/s1. The molecule has 0 saturated carbocycles. The van der Waals surface area contributed by atoms with E-state index in [1.165, 1.54) is 46.6 Å². The molecule has 0 bridgehead atoms. The lowest BCUT2D eigenvalue weighted by atomic mass is 9.74. The minimum absolute atomic E-state index is 0.0555. The molecule has 4 atom stereocenters. The molecular weight excluding hydrogens is 1100 g/mol. The van der Waals surface area contributed by atoms with Gasteiger partial charge in [0.25, 0.3) is 0 Å². The Hall–Kier alpha value is -6.99. The lowest BCUT2D eigenvalue weighted by molar-refractivity contribution is 0.0646. The van der Waals surface area contributed by atoms with Gasteiger partial charge in [-0.3, -0.25) is 5.41 Å². The van der Waals surface area contributed by atoms with Crippen molar-refractivity contribution in [2.45, 2.75) is 70.0 Å². The molecule has 0 aliphatic carbocycles. The van der Waals surface area contributed by atoms with Gasteiger partial charge >= 0.3 is 28.5 Å². The summed E-state index contributed by atoms with van der Waals surface area (Å²) in [6.45, 7) is 16.1. The largest absolute Gasteiger partial charge is 0.554 e. The van der Waals surface area contributed by atoms with Crippen molar-refractivity contribution < 1.29 is 63.9 Å². The van der Waals surface area contributed by atoms with Gasteiger partial charge in [0.15, 0.2) is 0 Å². The van der Waals surface area contributed by atoms with Gasteiger partial charge in [0, 0.05) is 18.0 Å². The summed E-state index contributed by atoms with van der Waals surface area (Å²) in [6.07, 6.45) is 5.71. The zero-order chi connectivity index (χ0) is 57.0. The van der Waals surface area contributed by atoms with Crippen LogP contribution in [0.1, 0.15) is 57.0 Å². The third-order valence-electron chi connectivity index (χ3n) is 12.5. The van der Waals surface area contributed by atoms with E-state index in [2.05, 4.69) is 46.7 Å². The molecule has 0 radical (unpaired) electrons. The van der Waals surface area contributed by atoms with Crippen molar-refractivity contribution >= 4 is 103 Å². The van der Waals surface area contributed by atoms with Crippen LogP contribution in [0.5, 0.6) is 23.0 Å². The Morgan fingerprint density at radius 3 is 1.48 bits per heavy atom. The van der Waals surface area contributed by atoms with Crippen LogP contribution in [0.2, 0.25) is 0 Å². The number of nitrogens with zero attached hydrogens (tertiary/aromatic N) is 3. The van der Waals surface area contributed by atoms with E-state index in [4.69, 9.17) is 28.8 Å². The zero-order valence-corrected chi connectivity index (χ0v) is 46.4. The SMILES string of the molecule is C=C(O)c1cccc2c1OB(O)[C@@H](OCc1ccccc1)C2.C=C(O)c1cccc2c1OB(O)[C@@H](SC(C)=N)C2.C=C(O)c1cccc2c1OB(O)[C@@H](Sc1cn[nH]n1)C2.C=C(O)c1cccc2c1OB(O)[C@@H](Sc1nccs1)C2. The minimum Gasteiger partial charge on any atom is -0.535 e. The highest BCUT2D eigenvalue weighted by molar-refractivity contribution is 8.15. The Morgan fingerprint density at radius 2 is 1.05 bits per heavy atom. The molecular formula is C54H55B4N5O13S4. The maximum Gasteiger partial charge on any atom is 0.554 e. The Labute approximate surface area is 480 Å². The van der Waals surface area contributed by atoms with Gasteiger partial charge in [-0.2, -0.15) is 10.3 Å². The fourth-order valence-electron chi connectivity index (χ4n) is 8.75. The van der Waals surface area contributed by atoms with Crippen LogP contribution in [0, 0.1) is 5.41 Å². The van der Waals surface area contributed by atoms with Crippen molar-refractivity contribution in [3.05, 3.63) is 197 Å². The smallest absolute Gasteiger partial charge is 0.535 e. The van der Waals surface area contributed by atoms with Crippen molar-refractivity contribution in [1.29, 1.82) is 5.41 Å². The van der Waals surface area contributed by atoms with Crippen LogP contribution in [0.3, 0.4) is 0 Å². The van der Waals surface area contributed by atoms with Crippen LogP contribution in [-0.2, 0) is 37.0 Å². The predicted octanol–water partition coefficient (Wildman–Crippen LogP) is 9.26. The summed E-state index contributed by atoms with van der Waals surface area (Å²) in [5, 5.41) is 98.7. The molecule has 80 heavy (non-hydrogen) atoms. The number of aliphatic hydroxyl groups is 4. The highest BCUT2D eigenvalue weighted by Crippen LogP contribution is 2.41. The Morgan fingerprint density at radius 1 is 0.613 bits per heavy atom. The second-order valence-corrected chi connectivity index (χ2v) is 23.4. The molecule has 6 heterocycles. The summed E-state index contributed by atoms with van der Waals surface area (Å²) >= 11 is 5.72. The van der Waals surface area contributed by atoms with E-state index in [-0.39, 0.29) is 38.5 Å². The number of H-pyrrole nitrogens is 1. The van der Waals surface area contributed by atoms with E-state index < -0.39 is 34.5 Å². The molecule has 0 unspecified atom stereocenters. The Balaban J connectivity index is 0.000000141. The van der Waals surface area contributed by atoms with Crippen molar-refractivity contribution in [3.63, 3.8) is 0 Å². The first-order valence-electron chi connectivity index (χ1n) is 24.8. The monoisotopic (exact) mass is 1150 g/mol. The number of ether oxygens (including phenoxy) is 1. The quantitative estimate of drug-likeness (QED) is 0.0236. The number of rotatable bonds is 12. The summed E-state index contributed by atoms with van der Waals surface area (Å²) in [6, 6.07) is 31.1. The number of thioether (sulfide) groups is 3. The van der Waals surface area contributed by atoms with Crippen molar-refractivity contribution in [2.24, 2.45) is 0 Å². The van der Waals surface area contributed by atoms with Gasteiger partial charge in [0.2, 0.25) is 0 Å². The third kappa shape index (κ3) is 15.1. The number of nitrogens with one attached hydrogen (secondary N) is 2. The van der Waals surface area contributed by atoms with Crippen molar-refractivity contribution in [1.82, 2.24) is 20.4 Å². The number of fused-ring (bicyclic) bond motifs is 4. The second kappa shape index (κ2) is 27.5. The highest BCUT2D eigenvalue weighted by atomic mass is 32.2. The molecule has 4 aliphatic heterocycles. The third-order valence-corrected chi connectivity index (χ3v) is 16.9. The summed E-state index contributed by atoms with van der Waals surface area (Å²) < 4.78 is 28.8. The van der Waals surface area contributed by atoms with Crippen LogP contribution in [0.15, 0.2) is 157 Å². The topological polar surface area (TPSA) is 286 Å². The fourth-order valence-corrected chi connectivity index (χ4v) is 12.5. The first-order chi connectivity index (χ1) is 38.4. The van der Waals surface area contributed by atoms with Gasteiger partial charge in [0.05, 0.1) is 55.5 Å². The second-order valence-electron chi connectivity index (χ2n) is 18.3. The minimum atomic E-state index is -1.07. The molecule has 4 aliphatic rings. The van der Waals surface area contributed by atoms with Crippen LogP contribution < -0.4 is 18.6 Å². The molecule has 2 aromatic heterocycles. The van der Waals surface area contributed by atoms with Gasteiger partial charge < -0.3 is 63.9 Å². The lowest BCUT2D eigenvalue weighted by Gasteiger charge is -2.28. The van der Waals surface area contributed by atoms with Crippen LogP contribution >= 0.6 is 46.6 Å². The number of thiazole rings is 1. The molecule has 26 heteroatoms. The van der Waals surface area contributed by atoms with Gasteiger partial charge in [-0.15, -0.1) is 40.0 Å². The Bertz CT molecular complexity index is 3200. The van der Waals surface area contributed by atoms with Gasteiger partial charge in [-0.1, -0.05) is 117 Å². The van der Waals surface area contributed by atoms with Gasteiger partial charge in [-0.25, -0.2) is 4.98 Å². The van der Waals surface area contributed by atoms with E-state index in [1.54, 1.807) is 43.6 Å². The fraction of sp³-hybridized carbons (Fsp3) is 0.185. The average Bonchev–Trinajstić information content (AvgIpc) is 4.18. The van der Waals surface area contributed by atoms with Crippen LogP contribution in [0.4, 0.5) is 0 Å². The number of aromatic amines is 1. The molecule has 7 aromatic rings. The molecule has 0 spiro atoms. The first-order valence-corrected chi connectivity index (χ1v) is 28.3. The van der Waals surface area contributed by atoms with Gasteiger partial charge in [-0.05, 0) is 78.3 Å². The molecule has 5 aromatic carbocycles. The van der Waals surface area contributed by atoms with Crippen molar-refractivity contribution in [2.75, 3.05) is 0 Å². The van der Waals surface area contributed by atoms with Crippen LogP contribution in [0.25, 0.3) is 23.0 Å². The van der Waals surface area contributed by atoms with E-state index in [0.717, 1.165) is 32.2 Å². The van der Waals surface area contributed by atoms with Crippen molar-refractivity contribution in [3.8, 4) is 23.0 Å². The number of aliphatic hydroxyl groups excluding tert-OH is 4. The first kappa shape index (κ1) is 59.1.